The summed E-state index contributed by atoms with van der Waals surface area (Å²) in [6.07, 6.45) is 1.30. The van der Waals surface area contributed by atoms with Gasteiger partial charge < -0.3 is 14.6 Å². The summed E-state index contributed by atoms with van der Waals surface area (Å²) in [5.74, 6) is 1.48. The first kappa shape index (κ1) is 18.7. The van der Waals surface area contributed by atoms with Crippen molar-refractivity contribution in [2.45, 2.75) is 40.2 Å². The molecule has 1 aromatic heterocycles. The minimum atomic E-state index is -0.0383. The second kappa shape index (κ2) is 8.54. The first-order valence-electron chi connectivity index (χ1n) is 9.07. The highest BCUT2D eigenvalue weighted by Gasteiger charge is 2.10. The van der Waals surface area contributed by atoms with E-state index in [1.807, 2.05) is 62.4 Å². The molecule has 2 aromatic carbocycles. The third-order valence-corrected chi connectivity index (χ3v) is 4.50. The monoisotopic (exact) mass is 364 g/mol. The average Bonchev–Trinajstić information content (AvgIpc) is 2.99. The molecule has 3 rings (SSSR count). The van der Waals surface area contributed by atoms with Crippen molar-refractivity contribution in [3.63, 3.8) is 0 Å². The van der Waals surface area contributed by atoms with E-state index in [4.69, 9.17) is 9.26 Å². The number of hydrogen-bond donors (Lipinski definition) is 1. The molecule has 1 N–H and O–H groups in total. The number of rotatable bonds is 7. The van der Waals surface area contributed by atoms with Crippen LogP contribution in [0, 0.1) is 13.8 Å². The van der Waals surface area contributed by atoms with Crippen LogP contribution in [0.15, 0.2) is 53.1 Å². The molecule has 0 fully saturated rings. The summed E-state index contributed by atoms with van der Waals surface area (Å²) >= 11 is 0. The van der Waals surface area contributed by atoms with Crippen molar-refractivity contribution in [2.75, 3.05) is 5.32 Å². The second-order valence-corrected chi connectivity index (χ2v) is 6.51. The van der Waals surface area contributed by atoms with Gasteiger partial charge >= 0.3 is 0 Å². The fraction of sp³-hybridized carbons (Fsp3) is 0.273. The van der Waals surface area contributed by atoms with Crippen LogP contribution in [0.5, 0.6) is 5.75 Å². The van der Waals surface area contributed by atoms with Crippen LogP contribution in [0.25, 0.3) is 0 Å². The Balaban J connectivity index is 1.52. The lowest BCUT2D eigenvalue weighted by Gasteiger charge is -2.08. The first-order chi connectivity index (χ1) is 13.0. The van der Waals surface area contributed by atoms with Crippen molar-refractivity contribution in [2.24, 2.45) is 0 Å². The third kappa shape index (κ3) is 4.97. The summed E-state index contributed by atoms with van der Waals surface area (Å²) in [5.41, 5.74) is 4.81. The highest BCUT2D eigenvalue weighted by atomic mass is 16.5. The lowest BCUT2D eigenvalue weighted by atomic mass is 10.1. The summed E-state index contributed by atoms with van der Waals surface area (Å²) in [6.45, 7) is 6.28. The van der Waals surface area contributed by atoms with E-state index < -0.39 is 0 Å². The Kier molecular flexibility index (Phi) is 5.91. The van der Waals surface area contributed by atoms with Gasteiger partial charge in [-0.3, -0.25) is 4.79 Å². The van der Waals surface area contributed by atoms with Crippen LogP contribution < -0.4 is 10.1 Å². The molecular formula is C22H24N2O3. The van der Waals surface area contributed by atoms with Gasteiger partial charge in [0.25, 0.3) is 0 Å². The Morgan fingerprint density at radius 3 is 2.30 bits per heavy atom. The van der Waals surface area contributed by atoms with Gasteiger partial charge in [-0.05, 0) is 55.7 Å². The van der Waals surface area contributed by atoms with Crippen LogP contribution in [0.4, 0.5) is 5.69 Å². The summed E-state index contributed by atoms with van der Waals surface area (Å²) in [7, 11) is 0. The molecule has 5 heteroatoms. The van der Waals surface area contributed by atoms with E-state index >= 15 is 0 Å². The van der Waals surface area contributed by atoms with Crippen molar-refractivity contribution in [3.8, 4) is 5.75 Å². The van der Waals surface area contributed by atoms with Gasteiger partial charge in [0.15, 0.2) is 0 Å². The minimum Gasteiger partial charge on any atom is -0.489 e. The molecule has 0 saturated carbocycles. The van der Waals surface area contributed by atoms with Gasteiger partial charge in [0.2, 0.25) is 5.91 Å². The highest BCUT2D eigenvalue weighted by Crippen LogP contribution is 2.18. The van der Waals surface area contributed by atoms with E-state index in [-0.39, 0.29) is 5.91 Å². The van der Waals surface area contributed by atoms with Crippen molar-refractivity contribution < 1.29 is 14.1 Å². The van der Waals surface area contributed by atoms with Crippen molar-refractivity contribution in [1.29, 1.82) is 0 Å². The molecule has 0 bridgehead atoms. The molecule has 1 amide bonds. The molecule has 0 saturated heterocycles. The Bertz CT molecular complexity index is 877. The van der Waals surface area contributed by atoms with Crippen molar-refractivity contribution in [1.82, 2.24) is 5.16 Å². The molecule has 27 heavy (non-hydrogen) atoms. The molecule has 140 valence electrons. The quantitative estimate of drug-likeness (QED) is 0.665. The van der Waals surface area contributed by atoms with Crippen LogP contribution in [0.2, 0.25) is 0 Å². The van der Waals surface area contributed by atoms with Crippen molar-refractivity contribution in [3.05, 3.63) is 76.7 Å². The molecule has 3 aromatic rings. The van der Waals surface area contributed by atoms with Gasteiger partial charge in [0.1, 0.15) is 18.1 Å². The summed E-state index contributed by atoms with van der Waals surface area (Å²) in [5, 5.41) is 6.84. The summed E-state index contributed by atoms with van der Waals surface area (Å²) in [4.78, 5) is 12.2. The predicted molar refractivity (Wildman–Crippen MR) is 105 cm³/mol. The van der Waals surface area contributed by atoms with Crippen LogP contribution in [-0.2, 0) is 24.2 Å². The number of carbonyl (C=O) groups is 1. The normalized spacial score (nSPS) is 10.6. The molecule has 0 aliphatic heterocycles. The number of hydrogen-bond acceptors (Lipinski definition) is 4. The maximum Gasteiger partial charge on any atom is 0.228 e. The third-order valence-electron chi connectivity index (χ3n) is 4.50. The van der Waals surface area contributed by atoms with Crippen LogP contribution in [0.1, 0.15) is 35.1 Å². The first-order valence-corrected chi connectivity index (χ1v) is 9.07. The van der Waals surface area contributed by atoms with Crippen molar-refractivity contribution >= 4 is 11.6 Å². The highest BCUT2D eigenvalue weighted by molar-refractivity contribution is 5.92. The molecular weight excluding hydrogens is 340 g/mol. The van der Waals surface area contributed by atoms with E-state index in [1.165, 1.54) is 5.56 Å². The number of ether oxygens (including phenoxy) is 1. The Morgan fingerprint density at radius 2 is 1.70 bits per heavy atom. The topological polar surface area (TPSA) is 64.4 Å². The molecule has 0 radical (unpaired) electrons. The number of carbonyl (C=O) groups excluding carboxylic acids is 1. The Morgan fingerprint density at radius 1 is 1.04 bits per heavy atom. The van der Waals surface area contributed by atoms with Gasteiger partial charge in [-0.25, -0.2) is 0 Å². The zero-order valence-corrected chi connectivity index (χ0v) is 15.9. The predicted octanol–water partition coefficient (Wildman–Crippen LogP) is 4.61. The number of nitrogens with zero attached hydrogens (tertiary/aromatic N) is 1. The smallest absolute Gasteiger partial charge is 0.228 e. The number of amides is 1. The number of nitrogens with one attached hydrogen (secondary N) is 1. The molecule has 0 spiro atoms. The Hall–Kier alpha value is -3.08. The SMILES string of the molecule is CCc1ccc(NC(=O)Cc2ccc(OCc3c(C)noc3C)cc2)cc1. The maximum absolute atomic E-state index is 12.2. The van der Waals surface area contributed by atoms with Crippen LogP contribution in [-0.4, -0.2) is 11.1 Å². The molecule has 0 aliphatic rings. The number of aryl methyl sites for hydroxylation is 3. The fourth-order valence-electron chi connectivity index (χ4n) is 2.78. The molecule has 5 nitrogen and oxygen atoms in total. The molecule has 0 atom stereocenters. The zero-order valence-electron chi connectivity index (χ0n) is 15.9. The van der Waals surface area contributed by atoms with E-state index in [9.17, 15) is 4.79 Å². The van der Waals surface area contributed by atoms with E-state index in [2.05, 4.69) is 17.4 Å². The lowest BCUT2D eigenvalue weighted by Crippen LogP contribution is -2.14. The largest absolute Gasteiger partial charge is 0.489 e. The maximum atomic E-state index is 12.2. The second-order valence-electron chi connectivity index (χ2n) is 6.51. The van der Waals surface area contributed by atoms with E-state index in [1.54, 1.807) is 0 Å². The van der Waals surface area contributed by atoms with E-state index in [0.29, 0.717) is 13.0 Å². The number of aromatic nitrogens is 1. The van der Waals surface area contributed by atoms with E-state index in [0.717, 1.165) is 40.4 Å². The Labute approximate surface area is 159 Å². The molecule has 1 heterocycles. The number of benzene rings is 2. The lowest BCUT2D eigenvalue weighted by molar-refractivity contribution is -0.115. The van der Waals surface area contributed by atoms with Gasteiger partial charge in [-0.15, -0.1) is 0 Å². The summed E-state index contributed by atoms with van der Waals surface area (Å²) in [6, 6.07) is 15.5. The number of anilines is 1. The fourth-order valence-corrected chi connectivity index (χ4v) is 2.78. The minimum absolute atomic E-state index is 0.0383. The van der Waals surface area contributed by atoms with Gasteiger partial charge in [-0.1, -0.05) is 36.3 Å². The summed E-state index contributed by atoms with van der Waals surface area (Å²) < 4.78 is 10.9. The van der Waals surface area contributed by atoms with Gasteiger partial charge in [0, 0.05) is 5.69 Å². The average molecular weight is 364 g/mol. The van der Waals surface area contributed by atoms with Gasteiger partial charge in [-0.2, -0.15) is 0 Å². The zero-order chi connectivity index (χ0) is 19.2. The standard InChI is InChI=1S/C22H24N2O3/c1-4-17-5-9-19(10-6-17)23-22(25)13-18-7-11-20(12-8-18)26-14-21-15(2)24-27-16(21)3/h5-12H,4,13-14H2,1-3H3,(H,23,25). The van der Waals surface area contributed by atoms with Gasteiger partial charge in [0.05, 0.1) is 17.7 Å². The van der Waals surface area contributed by atoms with Crippen LogP contribution >= 0.6 is 0 Å². The molecule has 0 aliphatic carbocycles. The van der Waals surface area contributed by atoms with Crippen LogP contribution in [0.3, 0.4) is 0 Å². The molecule has 0 unspecified atom stereocenters.